The molecule has 0 saturated heterocycles. The van der Waals surface area contributed by atoms with Crippen LogP contribution in [0.3, 0.4) is 0 Å². The van der Waals surface area contributed by atoms with Crippen LogP contribution in [0, 0.1) is 0 Å². The second-order valence-electron chi connectivity index (χ2n) is 5.97. The monoisotopic (exact) mass is 326 g/mol. The van der Waals surface area contributed by atoms with Gasteiger partial charge in [0, 0.05) is 28.2 Å². The van der Waals surface area contributed by atoms with Gasteiger partial charge >= 0.3 is 0 Å². The summed E-state index contributed by atoms with van der Waals surface area (Å²) in [5.41, 5.74) is 15.9. The second-order valence-corrected chi connectivity index (χ2v) is 5.97. The molecule has 4 nitrogen and oxygen atoms in total. The number of H-pyrrole nitrogens is 1. The Morgan fingerprint density at radius 3 is 2.56 bits per heavy atom. The number of aliphatic imine (C=N–C) groups is 1. The van der Waals surface area contributed by atoms with Crippen LogP contribution in [0.25, 0.3) is 38.5 Å². The van der Waals surface area contributed by atoms with Gasteiger partial charge in [-0.05, 0) is 28.5 Å². The van der Waals surface area contributed by atoms with Gasteiger partial charge in [-0.1, -0.05) is 55.1 Å². The Morgan fingerprint density at radius 2 is 1.72 bits per heavy atom. The van der Waals surface area contributed by atoms with Gasteiger partial charge in [-0.2, -0.15) is 0 Å². The predicted molar refractivity (Wildman–Crippen MR) is 106 cm³/mol. The Labute approximate surface area is 145 Å². The Kier molecular flexibility index (Phi) is 3.51. The molecule has 0 spiro atoms. The first-order chi connectivity index (χ1) is 12.1. The first kappa shape index (κ1) is 15.0. The van der Waals surface area contributed by atoms with Crippen LogP contribution in [0.1, 0.15) is 5.56 Å². The lowest BCUT2D eigenvalue weighted by Gasteiger charge is -2.09. The molecule has 4 heteroatoms. The van der Waals surface area contributed by atoms with E-state index in [0.717, 1.165) is 27.4 Å². The number of aromatic nitrogens is 1. The van der Waals surface area contributed by atoms with Crippen LogP contribution in [0.5, 0.6) is 0 Å². The number of nitrogens with zero attached hydrogens (tertiary/aromatic N) is 1. The molecule has 122 valence electrons. The van der Waals surface area contributed by atoms with E-state index in [4.69, 9.17) is 11.5 Å². The number of guanidine groups is 1. The van der Waals surface area contributed by atoms with Crippen LogP contribution in [0.2, 0.25) is 0 Å². The van der Waals surface area contributed by atoms with Crippen LogP contribution < -0.4 is 11.5 Å². The zero-order chi connectivity index (χ0) is 17.4. The summed E-state index contributed by atoms with van der Waals surface area (Å²) < 4.78 is 0. The number of hydrogen-bond donors (Lipinski definition) is 3. The Morgan fingerprint density at radius 1 is 0.880 bits per heavy atom. The number of nitrogens with one attached hydrogen (secondary N) is 1. The van der Waals surface area contributed by atoms with Crippen molar-refractivity contribution in [1.82, 2.24) is 4.98 Å². The number of para-hydroxylation sites is 1. The van der Waals surface area contributed by atoms with Gasteiger partial charge in [-0.3, -0.25) is 0 Å². The molecule has 0 fully saturated rings. The quantitative estimate of drug-likeness (QED) is 0.389. The van der Waals surface area contributed by atoms with Gasteiger partial charge in [0.25, 0.3) is 0 Å². The first-order valence-electron chi connectivity index (χ1n) is 8.01. The van der Waals surface area contributed by atoms with E-state index in [1.54, 1.807) is 0 Å². The molecular weight excluding hydrogens is 308 g/mol. The fraction of sp³-hybridized carbons (Fsp3) is 0. The van der Waals surface area contributed by atoms with Crippen LogP contribution in [0.15, 0.2) is 78.4 Å². The van der Waals surface area contributed by atoms with Crippen LogP contribution >= 0.6 is 0 Å². The van der Waals surface area contributed by atoms with Gasteiger partial charge < -0.3 is 16.5 Å². The van der Waals surface area contributed by atoms with Crippen LogP contribution in [-0.4, -0.2) is 10.9 Å². The molecule has 0 unspecified atom stereocenters. The highest BCUT2D eigenvalue weighted by molar-refractivity contribution is 6.05. The summed E-state index contributed by atoms with van der Waals surface area (Å²) in [7, 11) is 0. The average Bonchev–Trinajstić information content (AvgIpc) is 3.04. The standard InChI is InChI=1S/C21H18N4/c1-13(25-21(22)23)15-10-9-14-5-4-7-16(18(14)11-15)19-12-24-20-8-3-2-6-17(19)20/h2-12,24H,1H2,(H4,22,23,25). The molecule has 1 aromatic heterocycles. The van der Waals surface area contributed by atoms with Crippen LogP contribution in [0.4, 0.5) is 0 Å². The largest absolute Gasteiger partial charge is 0.370 e. The lowest BCUT2D eigenvalue weighted by Crippen LogP contribution is -2.22. The maximum absolute atomic E-state index is 5.48. The van der Waals surface area contributed by atoms with Crippen LogP contribution in [-0.2, 0) is 0 Å². The minimum atomic E-state index is 0.00927. The first-order valence-corrected chi connectivity index (χ1v) is 8.01. The normalized spacial score (nSPS) is 10.9. The molecule has 4 rings (SSSR count). The van der Waals surface area contributed by atoms with Crippen molar-refractivity contribution in [2.75, 3.05) is 0 Å². The third kappa shape index (κ3) is 2.64. The highest BCUT2D eigenvalue weighted by atomic mass is 15.0. The molecule has 1 heterocycles. The Bertz CT molecular complexity index is 1130. The fourth-order valence-electron chi connectivity index (χ4n) is 3.20. The van der Waals surface area contributed by atoms with Crippen molar-refractivity contribution < 1.29 is 0 Å². The third-order valence-corrected chi connectivity index (χ3v) is 4.36. The predicted octanol–water partition coefficient (Wildman–Crippen LogP) is 4.23. The van der Waals surface area contributed by atoms with Gasteiger partial charge in [0.15, 0.2) is 5.96 Å². The summed E-state index contributed by atoms with van der Waals surface area (Å²) in [6, 6.07) is 20.7. The van der Waals surface area contributed by atoms with E-state index in [1.807, 2.05) is 12.1 Å². The molecule has 5 N–H and O–H groups in total. The molecule has 0 aliphatic rings. The minimum absolute atomic E-state index is 0.00927. The molecule has 0 amide bonds. The maximum atomic E-state index is 5.48. The number of rotatable bonds is 3. The molecule has 0 saturated carbocycles. The van der Waals surface area contributed by atoms with E-state index >= 15 is 0 Å². The SMILES string of the molecule is C=C(N=C(N)N)c1ccc2cccc(-c3c[nH]c4ccccc34)c2c1. The average molecular weight is 326 g/mol. The molecule has 4 aromatic rings. The summed E-state index contributed by atoms with van der Waals surface area (Å²) >= 11 is 0. The number of benzene rings is 3. The molecule has 0 aliphatic heterocycles. The summed E-state index contributed by atoms with van der Waals surface area (Å²) in [4.78, 5) is 7.41. The van der Waals surface area contributed by atoms with E-state index in [0.29, 0.717) is 5.70 Å². The minimum Gasteiger partial charge on any atom is -0.370 e. The van der Waals surface area contributed by atoms with Crippen molar-refractivity contribution >= 4 is 33.3 Å². The van der Waals surface area contributed by atoms with E-state index in [9.17, 15) is 0 Å². The zero-order valence-electron chi connectivity index (χ0n) is 13.7. The summed E-state index contributed by atoms with van der Waals surface area (Å²) in [5.74, 6) is 0.00927. The van der Waals surface area contributed by atoms with E-state index < -0.39 is 0 Å². The van der Waals surface area contributed by atoms with Crippen molar-refractivity contribution in [2.45, 2.75) is 0 Å². The Hall–Kier alpha value is -3.53. The molecular formula is C21H18N4. The summed E-state index contributed by atoms with van der Waals surface area (Å²) in [6.45, 7) is 3.96. The van der Waals surface area contributed by atoms with Gasteiger partial charge in [-0.25, -0.2) is 4.99 Å². The molecule has 0 aliphatic carbocycles. The van der Waals surface area contributed by atoms with Crippen molar-refractivity contribution in [3.05, 3.63) is 79.0 Å². The highest BCUT2D eigenvalue weighted by Crippen LogP contribution is 2.35. The molecule has 0 atom stereocenters. The number of hydrogen-bond acceptors (Lipinski definition) is 1. The van der Waals surface area contributed by atoms with E-state index in [1.165, 1.54) is 10.9 Å². The highest BCUT2D eigenvalue weighted by Gasteiger charge is 2.10. The van der Waals surface area contributed by atoms with Gasteiger partial charge in [-0.15, -0.1) is 0 Å². The summed E-state index contributed by atoms with van der Waals surface area (Å²) in [6.07, 6.45) is 2.05. The van der Waals surface area contributed by atoms with Crippen molar-refractivity contribution in [3.63, 3.8) is 0 Å². The van der Waals surface area contributed by atoms with Gasteiger partial charge in [0.2, 0.25) is 0 Å². The topological polar surface area (TPSA) is 80.2 Å². The summed E-state index contributed by atoms with van der Waals surface area (Å²) in [5, 5.41) is 3.49. The van der Waals surface area contributed by atoms with Gasteiger partial charge in [0.1, 0.15) is 0 Å². The Balaban J connectivity index is 1.95. The number of nitrogens with two attached hydrogens (primary N) is 2. The zero-order valence-corrected chi connectivity index (χ0v) is 13.7. The molecule has 3 aromatic carbocycles. The fourth-order valence-corrected chi connectivity index (χ4v) is 3.20. The molecule has 25 heavy (non-hydrogen) atoms. The second kappa shape index (κ2) is 5.83. The number of aromatic amines is 1. The van der Waals surface area contributed by atoms with Gasteiger partial charge in [0.05, 0.1) is 5.70 Å². The molecule has 0 radical (unpaired) electrons. The lowest BCUT2D eigenvalue weighted by atomic mass is 9.96. The van der Waals surface area contributed by atoms with Crippen molar-refractivity contribution in [3.8, 4) is 11.1 Å². The lowest BCUT2D eigenvalue weighted by molar-refractivity contribution is 1.44. The number of fused-ring (bicyclic) bond motifs is 2. The molecule has 0 bridgehead atoms. The van der Waals surface area contributed by atoms with Crippen molar-refractivity contribution in [1.29, 1.82) is 0 Å². The maximum Gasteiger partial charge on any atom is 0.191 e. The smallest absolute Gasteiger partial charge is 0.191 e. The van der Waals surface area contributed by atoms with E-state index in [-0.39, 0.29) is 5.96 Å². The van der Waals surface area contributed by atoms with Crippen molar-refractivity contribution in [2.24, 2.45) is 16.5 Å². The third-order valence-electron chi connectivity index (χ3n) is 4.36. The van der Waals surface area contributed by atoms with E-state index in [2.05, 4.69) is 71.3 Å².